The molecule has 7 nitrogen and oxygen atoms in total. The van der Waals surface area contributed by atoms with E-state index in [0.29, 0.717) is 65.3 Å². The second kappa shape index (κ2) is 7.05. The van der Waals surface area contributed by atoms with Gasteiger partial charge in [0.15, 0.2) is 5.79 Å². The van der Waals surface area contributed by atoms with Crippen molar-refractivity contribution in [3.8, 4) is 0 Å². The lowest BCUT2D eigenvalue weighted by molar-refractivity contribution is -0.179. The van der Waals surface area contributed by atoms with Crippen LogP contribution in [0.25, 0.3) is 0 Å². The monoisotopic (exact) mass is 385 g/mol. The lowest BCUT2D eigenvalue weighted by Crippen LogP contribution is -2.56. The minimum Gasteiger partial charge on any atom is -0.369 e. The second-order valence-electron chi connectivity index (χ2n) is 6.88. The highest BCUT2D eigenvalue weighted by molar-refractivity contribution is 7.86. The summed E-state index contributed by atoms with van der Waals surface area (Å²) >= 11 is 0. The number of halogens is 1. The van der Waals surface area contributed by atoms with Gasteiger partial charge in [-0.15, -0.1) is 0 Å². The van der Waals surface area contributed by atoms with Gasteiger partial charge in [-0.25, -0.2) is 4.39 Å². The zero-order chi connectivity index (χ0) is 18.2. The average Bonchev–Trinajstić information content (AvgIpc) is 3.11. The van der Waals surface area contributed by atoms with E-state index in [1.807, 2.05) is 0 Å². The highest BCUT2D eigenvalue weighted by Gasteiger charge is 2.44. The highest BCUT2D eigenvalue weighted by atomic mass is 32.2. The summed E-state index contributed by atoms with van der Waals surface area (Å²) in [5.74, 6) is -0.846. The van der Waals surface area contributed by atoms with E-state index in [1.54, 1.807) is 16.4 Å². The standard InChI is InChI=1S/C17H24FN3O4S/c18-15-1-3-16(4-2-15)19-9-11-21(12-10-19)26(22,23)20-7-5-17(6-8-20)24-13-14-25-17/h1-4H,5-14H2. The Labute approximate surface area is 153 Å². The molecule has 3 heterocycles. The van der Waals surface area contributed by atoms with Crippen molar-refractivity contribution >= 4 is 15.9 Å². The Morgan fingerprint density at radius 2 is 1.38 bits per heavy atom. The predicted octanol–water partition coefficient (Wildman–Crippen LogP) is 1.03. The SMILES string of the molecule is O=S(=O)(N1CCN(c2ccc(F)cc2)CC1)N1CCC2(CC1)OCCO2. The molecule has 0 aliphatic carbocycles. The Balaban J connectivity index is 1.35. The minimum absolute atomic E-state index is 0.270. The van der Waals surface area contributed by atoms with Crippen molar-refractivity contribution in [2.75, 3.05) is 57.4 Å². The molecule has 1 aromatic carbocycles. The Kier molecular flexibility index (Phi) is 4.91. The van der Waals surface area contributed by atoms with Crippen LogP contribution in [0.3, 0.4) is 0 Å². The first-order valence-corrected chi connectivity index (χ1v) is 10.4. The van der Waals surface area contributed by atoms with Gasteiger partial charge in [0.05, 0.1) is 13.2 Å². The molecule has 3 saturated heterocycles. The fourth-order valence-electron chi connectivity index (χ4n) is 3.84. The average molecular weight is 385 g/mol. The molecule has 4 rings (SSSR count). The normalized spacial score (nSPS) is 25.0. The molecule has 0 unspecified atom stereocenters. The molecule has 144 valence electrons. The molecular formula is C17H24FN3O4S. The maximum atomic E-state index is 13.1. The zero-order valence-electron chi connectivity index (χ0n) is 14.6. The lowest BCUT2D eigenvalue weighted by Gasteiger charge is -2.41. The number of ether oxygens (including phenoxy) is 2. The molecule has 9 heteroatoms. The Morgan fingerprint density at radius 3 is 1.96 bits per heavy atom. The highest BCUT2D eigenvalue weighted by Crippen LogP contribution is 2.33. The third-order valence-corrected chi connectivity index (χ3v) is 7.42. The first kappa shape index (κ1) is 18.1. The van der Waals surface area contributed by atoms with Gasteiger partial charge in [0.1, 0.15) is 5.82 Å². The topological polar surface area (TPSA) is 62.3 Å². The summed E-state index contributed by atoms with van der Waals surface area (Å²) < 4.78 is 53.3. The molecular weight excluding hydrogens is 361 g/mol. The second-order valence-corrected chi connectivity index (χ2v) is 8.81. The number of hydrogen-bond donors (Lipinski definition) is 0. The van der Waals surface area contributed by atoms with E-state index in [1.165, 1.54) is 16.4 Å². The van der Waals surface area contributed by atoms with Gasteiger partial charge in [-0.2, -0.15) is 17.0 Å². The molecule has 0 amide bonds. The number of piperazine rings is 1. The Bertz CT molecular complexity index is 719. The summed E-state index contributed by atoms with van der Waals surface area (Å²) in [4.78, 5) is 2.08. The number of benzene rings is 1. The van der Waals surface area contributed by atoms with Gasteiger partial charge in [0.2, 0.25) is 0 Å². The smallest absolute Gasteiger partial charge is 0.282 e. The summed E-state index contributed by atoms with van der Waals surface area (Å²) in [5.41, 5.74) is 0.916. The van der Waals surface area contributed by atoms with Crippen molar-refractivity contribution < 1.29 is 22.3 Å². The molecule has 3 aliphatic rings. The van der Waals surface area contributed by atoms with Crippen LogP contribution in [0, 0.1) is 5.82 Å². The molecule has 0 saturated carbocycles. The van der Waals surface area contributed by atoms with E-state index in [2.05, 4.69) is 4.90 Å². The lowest BCUT2D eigenvalue weighted by atomic mass is 10.1. The molecule has 0 bridgehead atoms. The van der Waals surface area contributed by atoms with E-state index >= 15 is 0 Å². The first-order chi connectivity index (χ1) is 12.5. The van der Waals surface area contributed by atoms with Gasteiger partial charge in [0, 0.05) is 57.8 Å². The summed E-state index contributed by atoms with van der Waals surface area (Å²) in [7, 11) is -3.47. The molecule has 0 radical (unpaired) electrons. The number of anilines is 1. The Hall–Kier alpha value is -1.26. The van der Waals surface area contributed by atoms with E-state index in [0.717, 1.165) is 5.69 Å². The fourth-order valence-corrected chi connectivity index (χ4v) is 5.43. The van der Waals surface area contributed by atoms with Gasteiger partial charge < -0.3 is 14.4 Å². The Morgan fingerprint density at radius 1 is 0.846 bits per heavy atom. The van der Waals surface area contributed by atoms with Gasteiger partial charge in [0.25, 0.3) is 10.2 Å². The largest absolute Gasteiger partial charge is 0.369 e. The van der Waals surface area contributed by atoms with Crippen molar-refractivity contribution in [1.82, 2.24) is 8.61 Å². The van der Waals surface area contributed by atoms with Crippen LogP contribution in [0.5, 0.6) is 0 Å². The summed E-state index contributed by atoms with van der Waals surface area (Å²) in [6, 6.07) is 6.31. The summed E-state index contributed by atoms with van der Waals surface area (Å²) in [5, 5.41) is 0. The third kappa shape index (κ3) is 3.46. The van der Waals surface area contributed by atoms with Crippen molar-refractivity contribution in [2.24, 2.45) is 0 Å². The van der Waals surface area contributed by atoms with Crippen molar-refractivity contribution in [3.05, 3.63) is 30.1 Å². The van der Waals surface area contributed by atoms with Crippen LogP contribution in [-0.4, -0.2) is 75.3 Å². The van der Waals surface area contributed by atoms with Crippen molar-refractivity contribution in [3.63, 3.8) is 0 Å². The number of piperidine rings is 1. The van der Waals surface area contributed by atoms with Crippen LogP contribution in [0.15, 0.2) is 24.3 Å². The number of hydrogen-bond acceptors (Lipinski definition) is 5. The van der Waals surface area contributed by atoms with Gasteiger partial charge >= 0.3 is 0 Å². The fraction of sp³-hybridized carbons (Fsp3) is 0.647. The van der Waals surface area contributed by atoms with Crippen molar-refractivity contribution in [1.29, 1.82) is 0 Å². The molecule has 26 heavy (non-hydrogen) atoms. The zero-order valence-corrected chi connectivity index (χ0v) is 15.5. The van der Waals surface area contributed by atoms with Crippen LogP contribution in [0.2, 0.25) is 0 Å². The molecule has 0 N–H and O–H groups in total. The van der Waals surface area contributed by atoms with Gasteiger partial charge in [-0.05, 0) is 24.3 Å². The maximum absolute atomic E-state index is 13.1. The van der Waals surface area contributed by atoms with Crippen LogP contribution >= 0.6 is 0 Å². The maximum Gasteiger partial charge on any atom is 0.282 e. The summed E-state index contributed by atoms with van der Waals surface area (Å²) in [6.45, 7) is 4.03. The third-order valence-electron chi connectivity index (χ3n) is 5.38. The van der Waals surface area contributed by atoms with E-state index < -0.39 is 16.0 Å². The van der Waals surface area contributed by atoms with Gasteiger partial charge in [-0.1, -0.05) is 0 Å². The molecule has 3 fully saturated rings. The first-order valence-electron chi connectivity index (χ1n) is 9.02. The number of rotatable bonds is 3. The number of nitrogens with zero attached hydrogens (tertiary/aromatic N) is 3. The molecule has 0 aromatic heterocycles. The van der Waals surface area contributed by atoms with Crippen LogP contribution in [0.4, 0.5) is 10.1 Å². The van der Waals surface area contributed by atoms with Crippen LogP contribution in [0.1, 0.15) is 12.8 Å². The van der Waals surface area contributed by atoms with E-state index in [-0.39, 0.29) is 5.82 Å². The predicted molar refractivity (Wildman–Crippen MR) is 94.5 cm³/mol. The van der Waals surface area contributed by atoms with Gasteiger partial charge in [-0.3, -0.25) is 0 Å². The molecule has 0 atom stereocenters. The minimum atomic E-state index is -3.47. The van der Waals surface area contributed by atoms with E-state index in [4.69, 9.17) is 9.47 Å². The quantitative estimate of drug-likeness (QED) is 0.778. The molecule has 1 spiro atoms. The molecule has 1 aromatic rings. The molecule has 3 aliphatic heterocycles. The van der Waals surface area contributed by atoms with Crippen molar-refractivity contribution in [2.45, 2.75) is 18.6 Å². The van der Waals surface area contributed by atoms with Crippen LogP contribution < -0.4 is 4.90 Å². The summed E-state index contributed by atoms with van der Waals surface area (Å²) in [6.07, 6.45) is 1.14. The van der Waals surface area contributed by atoms with Crippen LogP contribution in [-0.2, 0) is 19.7 Å². The van der Waals surface area contributed by atoms with E-state index in [9.17, 15) is 12.8 Å².